The first-order valence-electron chi connectivity index (χ1n) is 2.29. The predicted octanol–water partition coefficient (Wildman–Crippen LogP) is 3.03. The van der Waals surface area contributed by atoms with Crippen LogP contribution in [0.25, 0.3) is 0 Å². The third-order valence-corrected chi connectivity index (χ3v) is 0.577. The quantitative estimate of drug-likeness (QED) is 0.534. The van der Waals surface area contributed by atoms with E-state index in [4.69, 9.17) is 0 Å². The van der Waals surface area contributed by atoms with Crippen molar-refractivity contribution in [2.75, 3.05) is 0 Å². The molecule has 0 aliphatic carbocycles. The monoisotopic (exact) mass is 116 g/mol. The van der Waals surface area contributed by atoms with Crippen molar-refractivity contribution < 1.29 is 0 Å². The molecule has 0 N–H and O–H groups in total. The van der Waals surface area contributed by atoms with Gasteiger partial charge in [-0.2, -0.15) is 0 Å². The van der Waals surface area contributed by atoms with Gasteiger partial charge in [0.25, 0.3) is 0 Å². The van der Waals surface area contributed by atoms with E-state index in [1.54, 1.807) is 10.8 Å². The second-order valence-corrected chi connectivity index (χ2v) is 1.41. The molecule has 1 heteroatoms. The van der Waals surface area contributed by atoms with Crippen molar-refractivity contribution in [3.63, 3.8) is 0 Å². The first-order valence-corrected chi connectivity index (χ1v) is 3.23. The zero-order valence-corrected chi connectivity index (χ0v) is 5.79. The summed E-state index contributed by atoms with van der Waals surface area (Å²) < 4.78 is 0. The Balaban J connectivity index is 0. The first-order chi connectivity index (χ1) is 3.41. The molecular formula is C6H12S. The van der Waals surface area contributed by atoms with E-state index in [0.717, 1.165) is 0 Å². The summed E-state index contributed by atoms with van der Waals surface area (Å²) >= 11 is 1.49. The largest absolute Gasteiger partial charge is 0.107 e. The highest BCUT2D eigenvalue weighted by molar-refractivity contribution is 8.04. The summed E-state index contributed by atoms with van der Waals surface area (Å²) in [6.45, 7) is 10.9. The maximum absolute atomic E-state index is 3.44. The van der Waals surface area contributed by atoms with Crippen LogP contribution in [0.1, 0.15) is 13.8 Å². The molecule has 0 unspecified atom stereocenters. The van der Waals surface area contributed by atoms with Gasteiger partial charge >= 0.3 is 0 Å². The Morgan fingerprint density at radius 1 is 1.14 bits per heavy atom. The highest BCUT2D eigenvalue weighted by Crippen LogP contribution is 1.96. The molecule has 0 aromatic rings. The lowest BCUT2D eigenvalue weighted by Crippen LogP contribution is -1.25. The standard InChI is InChI=1S/C4H6S.C2H6/c1-3-5-4-2;1-2/h3-4H,1-2H2;1-2H3. The topological polar surface area (TPSA) is 0 Å². The van der Waals surface area contributed by atoms with Gasteiger partial charge in [-0.1, -0.05) is 27.0 Å². The maximum Gasteiger partial charge on any atom is -0.0320 e. The van der Waals surface area contributed by atoms with Gasteiger partial charge in [-0.3, -0.25) is 0 Å². The lowest BCUT2D eigenvalue weighted by Gasteiger charge is -1.65. The molecule has 0 aromatic carbocycles. The Bertz CT molecular complexity index is 33.4. The Hall–Kier alpha value is -0.170. The molecule has 0 saturated heterocycles. The van der Waals surface area contributed by atoms with Crippen molar-refractivity contribution in [3.8, 4) is 0 Å². The molecule has 0 fully saturated rings. The summed E-state index contributed by atoms with van der Waals surface area (Å²) in [6.07, 6.45) is 0. The minimum Gasteiger partial charge on any atom is -0.107 e. The lowest BCUT2D eigenvalue weighted by atomic mass is 11.0. The van der Waals surface area contributed by atoms with Gasteiger partial charge in [0.1, 0.15) is 0 Å². The summed E-state index contributed by atoms with van der Waals surface area (Å²) in [7, 11) is 0. The second kappa shape index (κ2) is 17.0. The molecule has 7 heavy (non-hydrogen) atoms. The molecule has 0 aliphatic heterocycles. The minimum absolute atomic E-state index is 1.49. The lowest BCUT2D eigenvalue weighted by molar-refractivity contribution is 1.50. The molecule has 0 atom stereocenters. The van der Waals surface area contributed by atoms with Crippen LogP contribution in [-0.4, -0.2) is 0 Å². The fourth-order valence-corrected chi connectivity index (χ4v) is 0.204. The molecule has 0 bridgehead atoms. The molecule has 0 saturated carbocycles. The van der Waals surface area contributed by atoms with Crippen LogP contribution in [-0.2, 0) is 0 Å². The Morgan fingerprint density at radius 3 is 1.43 bits per heavy atom. The molecular weight excluding hydrogens is 104 g/mol. The van der Waals surface area contributed by atoms with Gasteiger partial charge in [-0.25, -0.2) is 0 Å². The van der Waals surface area contributed by atoms with E-state index in [-0.39, 0.29) is 0 Å². The predicted molar refractivity (Wildman–Crippen MR) is 39.3 cm³/mol. The van der Waals surface area contributed by atoms with Crippen molar-refractivity contribution in [1.29, 1.82) is 0 Å². The summed E-state index contributed by atoms with van der Waals surface area (Å²) in [5, 5.41) is 3.46. The summed E-state index contributed by atoms with van der Waals surface area (Å²) in [6, 6.07) is 0. The number of thioether (sulfide) groups is 1. The third kappa shape index (κ3) is 25.5. The summed E-state index contributed by atoms with van der Waals surface area (Å²) in [4.78, 5) is 0. The zero-order chi connectivity index (χ0) is 6.12. The van der Waals surface area contributed by atoms with E-state index >= 15 is 0 Å². The Kier molecular flexibility index (Phi) is 24.1. The number of hydrogen-bond acceptors (Lipinski definition) is 1. The Morgan fingerprint density at radius 2 is 1.43 bits per heavy atom. The molecule has 0 radical (unpaired) electrons. The van der Waals surface area contributed by atoms with Crippen LogP contribution in [0.15, 0.2) is 24.0 Å². The van der Waals surface area contributed by atoms with E-state index < -0.39 is 0 Å². The smallest absolute Gasteiger partial charge is 0.0320 e. The van der Waals surface area contributed by atoms with Crippen molar-refractivity contribution in [2.45, 2.75) is 13.8 Å². The van der Waals surface area contributed by atoms with Crippen molar-refractivity contribution >= 4 is 11.8 Å². The van der Waals surface area contributed by atoms with E-state index in [2.05, 4.69) is 13.2 Å². The average Bonchev–Trinajstić information content (AvgIpc) is 1.75. The third-order valence-electron chi connectivity index (χ3n) is 0.192. The van der Waals surface area contributed by atoms with Crippen LogP contribution in [0, 0.1) is 0 Å². The van der Waals surface area contributed by atoms with E-state index in [9.17, 15) is 0 Å². The summed E-state index contributed by atoms with van der Waals surface area (Å²) in [5.41, 5.74) is 0. The van der Waals surface area contributed by atoms with Gasteiger partial charge in [-0.15, -0.1) is 11.8 Å². The van der Waals surface area contributed by atoms with E-state index in [1.165, 1.54) is 11.8 Å². The molecule has 0 rings (SSSR count). The normalized spacial score (nSPS) is 5.43. The van der Waals surface area contributed by atoms with Crippen molar-refractivity contribution in [3.05, 3.63) is 24.0 Å². The van der Waals surface area contributed by atoms with Gasteiger partial charge < -0.3 is 0 Å². The van der Waals surface area contributed by atoms with Gasteiger partial charge in [0.05, 0.1) is 0 Å². The SMILES string of the molecule is C=CSC=C.CC. The molecule has 0 spiro atoms. The number of hydrogen-bond donors (Lipinski definition) is 0. The van der Waals surface area contributed by atoms with Crippen LogP contribution < -0.4 is 0 Å². The van der Waals surface area contributed by atoms with Crippen molar-refractivity contribution in [1.82, 2.24) is 0 Å². The zero-order valence-electron chi connectivity index (χ0n) is 4.98. The van der Waals surface area contributed by atoms with Crippen LogP contribution in [0.2, 0.25) is 0 Å². The van der Waals surface area contributed by atoms with Crippen molar-refractivity contribution in [2.24, 2.45) is 0 Å². The van der Waals surface area contributed by atoms with Gasteiger partial charge in [0.15, 0.2) is 0 Å². The fourth-order valence-electron chi connectivity index (χ4n) is 0.0680. The molecule has 0 nitrogen and oxygen atoms in total. The molecule has 0 aliphatic rings. The minimum atomic E-state index is 1.49. The first kappa shape index (κ1) is 9.95. The van der Waals surface area contributed by atoms with Crippen LogP contribution in [0.3, 0.4) is 0 Å². The van der Waals surface area contributed by atoms with E-state index in [0.29, 0.717) is 0 Å². The van der Waals surface area contributed by atoms with Crippen LogP contribution in [0.5, 0.6) is 0 Å². The average molecular weight is 116 g/mol. The molecule has 0 amide bonds. The maximum atomic E-state index is 3.44. The molecule has 42 valence electrons. The van der Waals surface area contributed by atoms with Gasteiger partial charge in [0, 0.05) is 0 Å². The highest BCUT2D eigenvalue weighted by atomic mass is 32.2. The Labute approximate surface area is 50.3 Å². The van der Waals surface area contributed by atoms with Gasteiger partial charge in [-0.05, 0) is 10.8 Å². The van der Waals surface area contributed by atoms with Crippen LogP contribution >= 0.6 is 11.8 Å². The molecule has 0 aromatic heterocycles. The summed E-state index contributed by atoms with van der Waals surface area (Å²) in [5.74, 6) is 0. The van der Waals surface area contributed by atoms with Crippen LogP contribution in [0.4, 0.5) is 0 Å². The second-order valence-electron chi connectivity index (χ2n) is 0.469. The van der Waals surface area contributed by atoms with Gasteiger partial charge in [0.2, 0.25) is 0 Å². The fraction of sp³-hybridized carbons (Fsp3) is 0.333. The highest BCUT2D eigenvalue weighted by Gasteiger charge is 1.52. The number of rotatable bonds is 2. The van der Waals surface area contributed by atoms with E-state index in [1.807, 2.05) is 13.8 Å². The molecule has 0 heterocycles.